The molecule has 10 nitrogen and oxygen atoms in total. The van der Waals surface area contributed by atoms with E-state index in [1.54, 1.807) is 4.90 Å². The van der Waals surface area contributed by atoms with Gasteiger partial charge < -0.3 is 14.6 Å². The average Bonchev–Trinajstić information content (AvgIpc) is 2.94. The fraction of sp³-hybridized carbons (Fsp3) is 0.688. The predicted molar refractivity (Wildman–Crippen MR) is 97.4 cm³/mol. The van der Waals surface area contributed by atoms with Crippen molar-refractivity contribution >= 4 is 15.7 Å². The lowest BCUT2D eigenvalue weighted by atomic mass is 10.0. The van der Waals surface area contributed by atoms with Crippen molar-refractivity contribution in [3.63, 3.8) is 0 Å². The smallest absolute Gasteiger partial charge is 0.328 e. The van der Waals surface area contributed by atoms with Crippen LogP contribution in [0.3, 0.4) is 0 Å². The summed E-state index contributed by atoms with van der Waals surface area (Å²) >= 11 is 0. The third-order valence-corrected chi connectivity index (χ3v) is 7.00. The highest BCUT2D eigenvalue weighted by Crippen LogP contribution is 2.27. The van der Waals surface area contributed by atoms with Gasteiger partial charge in [-0.05, 0) is 6.42 Å². The first-order valence-corrected chi connectivity index (χ1v) is 10.6. The van der Waals surface area contributed by atoms with E-state index in [4.69, 9.17) is 4.74 Å². The third-order valence-electron chi connectivity index (χ3n) is 5.30. The van der Waals surface area contributed by atoms with Crippen LogP contribution in [0, 0.1) is 0 Å². The van der Waals surface area contributed by atoms with Gasteiger partial charge in [-0.1, -0.05) is 0 Å². The molecule has 0 spiro atoms. The van der Waals surface area contributed by atoms with Gasteiger partial charge in [0, 0.05) is 51.6 Å². The number of fused-ring (bicyclic) bond motifs is 1. The fourth-order valence-electron chi connectivity index (χ4n) is 3.88. The number of piperazine rings is 1. The molecule has 3 rings (SSSR count). The molecule has 2 saturated heterocycles. The molecular formula is C16H24N4O6S. The Morgan fingerprint density at radius 1 is 1.26 bits per heavy atom. The van der Waals surface area contributed by atoms with Crippen LogP contribution in [0.4, 0.5) is 0 Å². The Morgan fingerprint density at radius 2 is 1.96 bits per heavy atom. The Morgan fingerprint density at radius 3 is 2.67 bits per heavy atom. The molecule has 27 heavy (non-hydrogen) atoms. The molecule has 0 aliphatic carbocycles. The second-order valence-electron chi connectivity index (χ2n) is 7.00. The summed E-state index contributed by atoms with van der Waals surface area (Å²) in [4.78, 5) is 42.0. The van der Waals surface area contributed by atoms with Crippen molar-refractivity contribution in [2.24, 2.45) is 7.05 Å². The monoisotopic (exact) mass is 400 g/mol. The number of aromatic amines is 1. The summed E-state index contributed by atoms with van der Waals surface area (Å²) < 4.78 is 30.3. The van der Waals surface area contributed by atoms with Crippen LogP contribution in [-0.2, 0) is 32.8 Å². The average molecular weight is 400 g/mol. The Balaban J connectivity index is 1.76. The quantitative estimate of drug-likeness (QED) is 0.583. The highest BCUT2D eigenvalue weighted by Gasteiger charge is 2.47. The number of H-pyrrole nitrogens is 1. The number of sulfone groups is 1. The molecule has 3 heterocycles. The topological polar surface area (TPSA) is 122 Å². The number of methoxy groups -OCH3 is 1. The molecule has 1 aromatic rings. The number of hydrogen-bond acceptors (Lipinski definition) is 7. The summed E-state index contributed by atoms with van der Waals surface area (Å²) in [5.74, 6) is -0.263. The molecule has 0 saturated carbocycles. The summed E-state index contributed by atoms with van der Waals surface area (Å²) in [5.41, 5.74) is -0.369. The normalized spacial score (nSPS) is 24.7. The number of aromatic nitrogens is 2. The van der Waals surface area contributed by atoms with E-state index >= 15 is 0 Å². The minimum absolute atomic E-state index is 0.00192. The van der Waals surface area contributed by atoms with E-state index in [1.165, 1.54) is 20.4 Å². The third kappa shape index (κ3) is 3.99. The summed E-state index contributed by atoms with van der Waals surface area (Å²) in [6, 6.07) is -0.694. The SMILES string of the molecule is COCC(=O)N1CCN(CCc2c[nH]c(=O)n(C)c2=O)[C@H]2CS(=O)(=O)C[C@H]21. The molecule has 0 unspecified atom stereocenters. The van der Waals surface area contributed by atoms with E-state index in [-0.39, 0.29) is 35.6 Å². The second kappa shape index (κ2) is 7.56. The molecule has 2 aliphatic rings. The molecule has 2 atom stereocenters. The summed E-state index contributed by atoms with van der Waals surface area (Å²) in [7, 11) is -0.397. The van der Waals surface area contributed by atoms with E-state index < -0.39 is 21.6 Å². The van der Waals surface area contributed by atoms with E-state index in [0.717, 1.165) is 4.57 Å². The standard InChI is InChI=1S/C16H24N4O6S/c1-18-15(22)11(7-17-16(18)23)3-4-19-5-6-20(14(21)8-26-2)13-10-27(24,25)9-12(13)19/h7,12-13H,3-6,8-10H2,1-2H3,(H,17,23)/t12-,13+/m0/s1. The molecule has 11 heteroatoms. The molecule has 0 radical (unpaired) electrons. The number of amides is 1. The maximum atomic E-state index is 12.3. The number of rotatable bonds is 5. The molecule has 150 valence electrons. The minimum Gasteiger partial charge on any atom is -0.375 e. The molecule has 1 N–H and O–H groups in total. The maximum absolute atomic E-state index is 12.3. The first kappa shape index (κ1) is 19.8. The number of carbonyl (C=O) groups is 1. The Hall–Kier alpha value is -1.98. The Bertz CT molecular complexity index is 937. The number of ether oxygens (including phenoxy) is 1. The number of nitrogens with zero attached hydrogens (tertiary/aromatic N) is 3. The second-order valence-corrected chi connectivity index (χ2v) is 9.15. The van der Waals surface area contributed by atoms with Crippen LogP contribution in [0.2, 0.25) is 0 Å². The zero-order chi connectivity index (χ0) is 19.8. The van der Waals surface area contributed by atoms with Gasteiger partial charge in [0.1, 0.15) is 6.61 Å². The van der Waals surface area contributed by atoms with Crippen molar-refractivity contribution in [1.82, 2.24) is 19.4 Å². The van der Waals surface area contributed by atoms with Crippen LogP contribution in [0.25, 0.3) is 0 Å². The molecule has 2 aliphatic heterocycles. The van der Waals surface area contributed by atoms with Crippen LogP contribution in [0.5, 0.6) is 0 Å². The predicted octanol–water partition coefficient (Wildman–Crippen LogP) is -2.43. The van der Waals surface area contributed by atoms with Gasteiger partial charge in [-0.3, -0.25) is 19.1 Å². The molecule has 0 bridgehead atoms. The van der Waals surface area contributed by atoms with Crippen molar-refractivity contribution in [3.05, 3.63) is 32.6 Å². The van der Waals surface area contributed by atoms with Crippen molar-refractivity contribution in [2.45, 2.75) is 18.5 Å². The maximum Gasteiger partial charge on any atom is 0.328 e. The molecular weight excluding hydrogens is 376 g/mol. The van der Waals surface area contributed by atoms with Gasteiger partial charge in [-0.2, -0.15) is 0 Å². The van der Waals surface area contributed by atoms with Gasteiger partial charge in [0.05, 0.1) is 17.5 Å². The first-order valence-electron chi connectivity index (χ1n) is 8.74. The van der Waals surface area contributed by atoms with Crippen LogP contribution in [-0.4, -0.2) is 90.6 Å². The summed E-state index contributed by atoms with van der Waals surface area (Å²) in [5, 5.41) is 0. The van der Waals surface area contributed by atoms with Crippen molar-refractivity contribution < 1.29 is 17.9 Å². The Labute approximate surface area is 156 Å². The molecule has 1 aromatic heterocycles. The van der Waals surface area contributed by atoms with Gasteiger partial charge in [-0.25, -0.2) is 13.2 Å². The number of hydrogen-bond donors (Lipinski definition) is 1. The van der Waals surface area contributed by atoms with E-state index in [0.29, 0.717) is 31.6 Å². The fourth-order valence-corrected chi connectivity index (χ4v) is 5.89. The van der Waals surface area contributed by atoms with Gasteiger partial charge in [0.2, 0.25) is 5.91 Å². The van der Waals surface area contributed by atoms with Crippen LogP contribution >= 0.6 is 0 Å². The van der Waals surface area contributed by atoms with E-state index in [1.807, 2.05) is 4.90 Å². The lowest BCUT2D eigenvalue weighted by Crippen LogP contribution is -2.61. The van der Waals surface area contributed by atoms with Crippen molar-refractivity contribution in [2.75, 3.05) is 44.9 Å². The van der Waals surface area contributed by atoms with Crippen LogP contribution in [0.1, 0.15) is 5.56 Å². The van der Waals surface area contributed by atoms with E-state index in [2.05, 4.69) is 4.98 Å². The zero-order valence-electron chi connectivity index (χ0n) is 15.4. The highest BCUT2D eigenvalue weighted by atomic mass is 32.2. The zero-order valence-corrected chi connectivity index (χ0v) is 16.2. The van der Waals surface area contributed by atoms with Gasteiger partial charge >= 0.3 is 5.69 Å². The Kier molecular flexibility index (Phi) is 5.54. The molecule has 0 aromatic carbocycles. The minimum atomic E-state index is -3.24. The van der Waals surface area contributed by atoms with Crippen molar-refractivity contribution in [1.29, 1.82) is 0 Å². The molecule has 1 amide bonds. The number of carbonyl (C=O) groups excluding carboxylic acids is 1. The molecule has 2 fully saturated rings. The summed E-state index contributed by atoms with van der Waals surface area (Å²) in [6.45, 7) is 1.35. The highest BCUT2D eigenvalue weighted by molar-refractivity contribution is 7.91. The van der Waals surface area contributed by atoms with Crippen LogP contribution in [0.15, 0.2) is 15.8 Å². The lowest BCUT2D eigenvalue weighted by Gasteiger charge is -2.43. The van der Waals surface area contributed by atoms with Gasteiger partial charge in [-0.15, -0.1) is 0 Å². The first-order chi connectivity index (χ1) is 12.7. The lowest BCUT2D eigenvalue weighted by molar-refractivity contribution is -0.140. The van der Waals surface area contributed by atoms with E-state index in [9.17, 15) is 22.8 Å². The summed E-state index contributed by atoms with van der Waals surface area (Å²) in [6.07, 6.45) is 1.80. The van der Waals surface area contributed by atoms with Gasteiger partial charge in [0.15, 0.2) is 9.84 Å². The number of nitrogens with one attached hydrogen (secondary N) is 1. The largest absolute Gasteiger partial charge is 0.375 e. The van der Waals surface area contributed by atoms with Crippen LogP contribution < -0.4 is 11.2 Å². The van der Waals surface area contributed by atoms with Gasteiger partial charge in [0.25, 0.3) is 5.56 Å². The van der Waals surface area contributed by atoms with Crippen molar-refractivity contribution in [3.8, 4) is 0 Å².